The van der Waals surface area contributed by atoms with Crippen molar-refractivity contribution in [3.63, 3.8) is 0 Å². The van der Waals surface area contributed by atoms with E-state index in [4.69, 9.17) is 0 Å². The lowest BCUT2D eigenvalue weighted by Crippen LogP contribution is -2.33. The van der Waals surface area contributed by atoms with Gasteiger partial charge in [-0.05, 0) is 75.5 Å². The van der Waals surface area contributed by atoms with Crippen molar-refractivity contribution in [2.75, 3.05) is 11.9 Å². The first kappa shape index (κ1) is 21.2. The molecule has 1 atom stereocenters. The number of benzene rings is 5. The second kappa shape index (κ2) is 7.96. The van der Waals surface area contributed by atoms with Crippen LogP contribution in [-0.2, 0) is 11.8 Å². The molecule has 0 heterocycles. The van der Waals surface area contributed by atoms with E-state index >= 15 is 0 Å². The smallest absolute Gasteiger partial charge is 0.0728 e. The van der Waals surface area contributed by atoms with E-state index < -0.39 is 0 Å². The lowest BCUT2D eigenvalue weighted by atomic mass is 9.69. The number of likely N-dealkylation sites (N-methyl/N-ethyl adjacent to an activating group) is 1. The molecule has 0 saturated heterocycles. The highest BCUT2D eigenvalue weighted by Gasteiger charge is 2.52. The molecule has 2 aliphatic carbocycles. The maximum absolute atomic E-state index is 2.41. The van der Waals surface area contributed by atoms with Crippen LogP contribution in [-0.4, -0.2) is 13.1 Å². The minimum atomic E-state index is -0.277. The molecule has 0 bridgehead atoms. The second-order valence-electron chi connectivity index (χ2n) is 10.2. The molecule has 2 aliphatic rings. The van der Waals surface area contributed by atoms with Gasteiger partial charge in [0, 0.05) is 18.8 Å². The number of hydrogen-bond acceptors (Lipinski definition) is 1. The molecule has 1 spiro atoms. The van der Waals surface area contributed by atoms with Crippen molar-refractivity contribution in [2.24, 2.45) is 0 Å². The summed E-state index contributed by atoms with van der Waals surface area (Å²) >= 11 is 0. The molecule has 36 heavy (non-hydrogen) atoms. The summed E-state index contributed by atoms with van der Waals surface area (Å²) in [4.78, 5) is 2.41. The van der Waals surface area contributed by atoms with Crippen LogP contribution in [0.3, 0.4) is 0 Å². The molecule has 7 rings (SSSR count). The van der Waals surface area contributed by atoms with Gasteiger partial charge in [-0.25, -0.2) is 0 Å². The third-order valence-electron chi connectivity index (χ3n) is 8.44. The predicted octanol–water partition coefficient (Wildman–Crippen LogP) is 8.10. The Hall–Kier alpha value is -4.10. The first-order valence-electron chi connectivity index (χ1n) is 12.9. The number of nitrogens with zero attached hydrogens (tertiary/aromatic N) is 1. The number of anilines is 1. The van der Waals surface area contributed by atoms with Crippen molar-refractivity contribution >= 4 is 5.69 Å². The summed E-state index contributed by atoms with van der Waals surface area (Å²) in [5, 5.41) is 0. The van der Waals surface area contributed by atoms with Gasteiger partial charge in [0.2, 0.25) is 0 Å². The lowest BCUT2D eigenvalue weighted by molar-refractivity contribution is 0.668. The van der Waals surface area contributed by atoms with E-state index in [0.717, 1.165) is 6.42 Å². The van der Waals surface area contributed by atoms with E-state index in [0.29, 0.717) is 6.04 Å². The van der Waals surface area contributed by atoms with Crippen LogP contribution in [0.15, 0.2) is 121 Å². The van der Waals surface area contributed by atoms with Gasteiger partial charge in [0.05, 0.1) is 5.41 Å². The highest BCUT2D eigenvalue weighted by molar-refractivity contribution is 5.95. The molecule has 1 nitrogen and oxygen atoms in total. The zero-order chi connectivity index (χ0) is 24.3. The van der Waals surface area contributed by atoms with Crippen LogP contribution >= 0.6 is 0 Å². The lowest BCUT2D eigenvalue weighted by Gasteiger charge is -2.34. The summed E-state index contributed by atoms with van der Waals surface area (Å²) in [6, 6.07) is 45.2. The number of para-hydroxylation sites is 1. The van der Waals surface area contributed by atoms with Gasteiger partial charge >= 0.3 is 0 Å². The SMILES string of the molecule is CC(Cc1cccc2c1C1(c3ccccc3-c3ccccc31)c1ccccc1-2)N(C)c1ccccc1. The van der Waals surface area contributed by atoms with E-state index in [1.54, 1.807) is 0 Å². The zero-order valence-electron chi connectivity index (χ0n) is 20.8. The number of hydrogen-bond donors (Lipinski definition) is 0. The van der Waals surface area contributed by atoms with E-state index in [1.165, 1.54) is 55.8 Å². The van der Waals surface area contributed by atoms with E-state index in [2.05, 4.69) is 140 Å². The van der Waals surface area contributed by atoms with Crippen molar-refractivity contribution < 1.29 is 0 Å². The van der Waals surface area contributed by atoms with Crippen molar-refractivity contribution in [1.29, 1.82) is 0 Å². The number of fused-ring (bicyclic) bond motifs is 10. The standard InChI is InChI=1S/C35H29N/c1-24(36(2)26-14-4-3-5-15-26)23-25-13-12-19-30-29-18-8-11-22-33(29)35(34(25)30)31-20-9-6-16-27(31)28-17-7-10-21-32(28)35/h3-22,24H,23H2,1-2H3. The minimum absolute atomic E-state index is 0.277. The average molecular weight is 464 g/mol. The van der Waals surface area contributed by atoms with Gasteiger partial charge in [-0.2, -0.15) is 0 Å². The molecule has 5 aromatic rings. The average Bonchev–Trinajstić information content (AvgIpc) is 3.41. The van der Waals surface area contributed by atoms with Gasteiger partial charge in [0.15, 0.2) is 0 Å². The Bertz CT molecular complexity index is 1530. The van der Waals surface area contributed by atoms with Crippen molar-refractivity contribution in [3.05, 3.63) is 149 Å². The molecule has 1 unspecified atom stereocenters. The fraction of sp³-hybridized carbons (Fsp3) is 0.143. The molecule has 1 heteroatoms. The van der Waals surface area contributed by atoms with E-state index in [9.17, 15) is 0 Å². The third kappa shape index (κ3) is 2.77. The summed E-state index contributed by atoms with van der Waals surface area (Å²) < 4.78 is 0. The molecule has 5 aromatic carbocycles. The van der Waals surface area contributed by atoms with Gasteiger partial charge < -0.3 is 4.90 Å². The molecule has 0 amide bonds. The van der Waals surface area contributed by atoms with Crippen LogP contribution < -0.4 is 4.90 Å². The van der Waals surface area contributed by atoms with Crippen LogP contribution in [0.4, 0.5) is 5.69 Å². The summed E-state index contributed by atoms with van der Waals surface area (Å²) in [6.07, 6.45) is 0.981. The van der Waals surface area contributed by atoms with Crippen molar-refractivity contribution in [1.82, 2.24) is 0 Å². The van der Waals surface area contributed by atoms with Gasteiger partial charge in [-0.1, -0.05) is 109 Å². The molecule has 0 aromatic heterocycles. The van der Waals surface area contributed by atoms with Crippen molar-refractivity contribution in [3.8, 4) is 22.3 Å². The fourth-order valence-electron chi connectivity index (χ4n) is 6.78. The summed E-state index contributed by atoms with van der Waals surface area (Å²) in [6.45, 7) is 2.34. The molecular formula is C35H29N. The topological polar surface area (TPSA) is 3.24 Å². The van der Waals surface area contributed by atoms with Gasteiger partial charge in [0.1, 0.15) is 0 Å². The fourth-order valence-corrected chi connectivity index (χ4v) is 6.78. The molecule has 174 valence electrons. The largest absolute Gasteiger partial charge is 0.372 e. The van der Waals surface area contributed by atoms with Crippen LogP contribution in [0.1, 0.15) is 34.7 Å². The Morgan fingerprint density at radius 1 is 0.556 bits per heavy atom. The van der Waals surface area contributed by atoms with Crippen LogP contribution in [0, 0.1) is 0 Å². The monoisotopic (exact) mass is 463 g/mol. The third-order valence-corrected chi connectivity index (χ3v) is 8.44. The maximum atomic E-state index is 2.41. The van der Waals surface area contributed by atoms with Crippen LogP contribution in [0.25, 0.3) is 22.3 Å². The van der Waals surface area contributed by atoms with Crippen LogP contribution in [0.5, 0.6) is 0 Å². The summed E-state index contributed by atoms with van der Waals surface area (Å²) in [5.74, 6) is 0. The molecule has 0 fully saturated rings. The summed E-state index contributed by atoms with van der Waals surface area (Å²) in [5.41, 5.74) is 13.6. The molecule has 0 radical (unpaired) electrons. The second-order valence-corrected chi connectivity index (χ2v) is 10.2. The maximum Gasteiger partial charge on any atom is 0.0728 e. The normalized spacial score (nSPS) is 14.6. The van der Waals surface area contributed by atoms with E-state index in [-0.39, 0.29) is 5.41 Å². The molecular weight excluding hydrogens is 434 g/mol. The zero-order valence-corrected chi connectivity index (χ0v) is 20.8. The first-order valence-corrected chi connectivity index (χ1v) is 12.9. The van der Waals surface area contributed by atoms with Crippen LogP contribution in [0.2, 0.25) is 0 Å². The van der Waals surface area contributed by atoms with Gasteiger partial charge in [0.25, 0.3) is 0 Å². The highest BCUT2D eigenvalue weighted by atomic mass is 15.1. The Balaban J connectivity index is 1.48. The Kier molecular flexibility index (Phi) is 4.69. The van der Waals surface area contributed by atoms with Gasteiger partial charge in [-0.15, -0.1) is 0 Å². The van der Waals surface area contributed by atoms with Gasteiger partial charge in [-0.3, -0.25) is 0 Å². The van der Waals surface area contributed by atoms with Crippen molar-refractivity contribution in [2.45, 2.75) is 24.8 Å². The Morgan fingerprint density at radius 3 is 1.61 bits per heavy atom. The van der Waals surface area contributed by atoms with E-state index in [1.807, 2.05) is 0 Å². The quantitative estimate of drug-likeness (QED) is 0.255. The summed E-state index contributed by atoms with van der Waals surface area (Å²) in [7, 11) is 2.22. The Morgan fingerprint density at radius 2 is 1.03 bits per heavy atom. The molecule has 0 aliphatic heterocycles. The molecule has 0 N–H and O–H groups in total. The predicted molar refractivity (Wildman–Crippen MR) is 151 cm³/mol. The minimum Gasteiger partial charge on any atom is -0.372 e. The highest BCUT2D eigenvalue weighted by Crippen LogP contribution is 2.63. The number of rotatable bonds is 4. The Labute approximate surface area is 213 Å². The first-order chi connectivity index (χ1) is 17.7. The molecule has 0 saturated carbocycles.